The molecule has 0 aromatic rings. The van der Waals surface area contributed by atoms with Crippen molar-refractivity contribution in [2.24, 2.45) is 0 Å². The van der Waals surface area contributed by atoms with Crippen LogP contribution in [0.3, 0.4) is 0 Å². The zero-order valence-electron chi connectivity index (χ0n) is 7.62. The molecule has 0 aromatic carbocycles. The van der Waals surface area contributed by atoms with Crippen LogP contribution in [0.15, 0.2) is 0 Å². The van der Waals surface area contributed by atoms with E-state index >= 15 is 0 Å². The smallest absolute Gasteiger partial charge is 0.332 e. The van der Waals surface area contributed by atoms with Crippen molar-refractivity contribution in [2.45, 2.75) is 51.6 Å². The third kappa shape index (κ3) is 7.54. The van der Waals surface area contributed by atoms with Gasteiger partial charge in [0, 0.05) is 0 Å². The molecule has 0 aliphatic heterocycles. The van der Waals surface area contributed by atoms with Crippen molar-refractivity contribution in [3.63, 3.8) is 0 Å². The minimum Gasteiger partial charge on any atom is -0.479 e. The number of carboxylic acid groups (broad SMARTS) is 1. The highest BCUT2D eigenvalue weighted by atomic mass is 16.4. The molecular weight excluding hydrogens is 156 g/mol. The van der Waals surface area contributed by atoms with Gasteiger partial charge in [0.25, 0.3) is 0 Å². The van der Waals surface area contributed by atoms with E-state index in [9.17, 15) is 4.79 Å². The van der Waals surface area contributed by atoms with Crippen LogP contribution in [0.2, 0.25) is 0 Å². The summed E-state index contributed by atoms with van der Waals surface area (Å²) in [6, 6.07) is 0. The second kappa shape index (κ2) is 7.10. The molecule has 0 amide bonds. The summed E-state index contributed by atoms with van der Waals surface area (Å²) in [7, 11) is 0. The Morgan fingerprint density at radius 1 is 1.08 bits per heavy atom. The summed E-state index contributed by atoms with van der Waals surface area (Å²) >= 11 is 0. The molecule has 0 radical (unpaired) electrons. The van der Waals surface area contributed by atoms with Gasteiger partial charge < -0.3 is 10.2 Å². The van der Waals surface area contributed by atoms with E-state index in [4.69, 9.17) is 10.2 Å². The van der Waals surface area contributed by atoms with Crippen LogP contribution in [0.25, 0.3) is 0 Å². The lowest BCUT2D eigenvalue weighted by Crippen LogP contribution is -2.13. The summed E-state index contributed by atoms with van der Waals surface area (Å²) in [6.45, 7) is 1.20. The van der Waals surface area contributed by atoms with E-state index in [0.29, 0.717) is 0 Å². The van der Waals surface area contributed by atoms with Crippen molar-refractivity contribution in [3.8, 4) is 0 Å². The lowest BCUT2D eigenvalue weighted by molar-refractivity contribution is -0.145. The monoisotopic (exact) mass is 174 g/mol. The lowest BCUT2D eigenvalue weighted by Gasteiger charge is -2.05. The van der Waals surface area contributed by atoms with Gasteiger partial charge in [-0.2, -0.15) is 0 Å². The maximum atomic E-state index is 9.45. The van der Waals surface area contributed by atoms with E-state index in [-0.39, 0.29) is 0 Å². The Kier molecular flexibility index (Phi) is 6.76. The molecule has 0 heterocycles. The maximum absolute atomic E-state index is 9.45. The molecule has 3 nitrogen and oxygen atoms in total. The molecule has 1 saturated carbocycles. The average Bonchev–Trinajstić information content (AvgIpc) is 2.08. The summed E-state index contributed by atoms with van der Waals surface area (Å²) in [5.74, 6) is -1.19. The molecule has 1 rings (SSSR count). The van der Waals surface area contributed by atoms with Crippen molar-refractivity contribution in [3.05, 3.63) is 0 Å². The minimum absolute atomic E-state index is 1.19. The first-order valence-corrected chi connectivity index (χ1v) is 4.55. The van der Waals surface area contributed by atoms with Gasteiger partial charge in [0.15, 0.2) is 0 Å². The van der Waals surface area contributed by atoms with Crippen molar-refractivity contribution in [2.75, 3.05) is 0 Å². The number of hydrogen-bond acceptors (Lipinski definition) is 2. The van der Waals surface area contributed by atoms with Crippen LogP contribution < -0.4 is 0 Å². The van der Waals surface area contributed by atoms with Crippen LogP contribution in [-0.4, -0.2) is 22.3 Å². The van der Waals surface area contributed by atoms with Crippen LogP contribution in [-0.2, 0) is 4.79 Å². The number of hydrogen-bond donors (Lipinski definition) is 2. The minimum atomic E-state index is -1.23. The summed E-state index contributed by atoms with van der Waals surface area (Å²) in [5.41, 5.74) is 0. The molecule has 3 heteroatoms. The number of carbonyl (C=O) groups is 1. The SMILES string of the molecule is C1CCCCC1.CC(O)C(=O)O. The first-order valence-electron chi connectivity index (χ1n) is 4.55. The number of aliphatic carboxylic acids is 1. The largest absolute Gasteiger partial charge is 0.479 e. The fraction of sp³-hybridized carbons (Fsp3) is 0.889. The Hall–Kier alpha value is -0.570. The zero-order valence-corrected chi connectivity index (χ0v) is 7.62. The van der Waals surface area contributed by atoms with Crippen molar-refractivity contribution in [1.82, 2.24) is 0 Å². The van der Waals surface area contributed by atoms with Crippen molar-refractivity contribution in [1.29, 1.82) is 0 Å². The van der Waals surface area contributed by atoms with Crippen LogP contribution in [0.4, 0.5) is 0 Å². The lowest BCUT2D eigenvalue weighted by atomic mass is 10.0. The second-order valence-electron chi connectivity index (χ2n) is 3.14. The van der Waals surface area contributed by atoms with E-state index in [2.05, 4.69) is 0 Å². The molecule has 0 aromatic heterocycles. The standard InChI is InChI=1S/C6H12.C3H6O3/c1-2-4-6-5-3-1;1-2(4)3(5)6/h1-6H2;2,4H,1H3,(H,5,6). The molecule has 1 aliphatic rings. The van der Waals surface area contributed by atoms with Crippen LogP contribution in [0.1, 0.15) is 45.4 Å². The Labute approximate surface area is 73.4 Å². The fourth-order valence-electron chi connectivity index (χ4n) is 1.06. The van der Waals surface area contributed by atoms with E-state index < -0.39 is 12.1 Å². The summed E-state index contributed by atoms with van der Waals surface area (Å²) in [4.78, 5) is 9.45. The van der Waals surface area contributed by atoms with Gasteiger partial charge in [-0.25, -0.2) is 4.79 Å². The Morgan fingerprint density at radius 3 is 1.33 bits per heavy atom. The molecule has 1 atom stereocenters. The van der Waals surface area contributed by atoms with Crippen LogP contribution in [0.5, 0.6) is 0 Å². The third-order valence-corrected chi connectivity index (χ3v) is 1.86. The Bertz CT molecular complexity index is 105. The van der Waals surface area contributed by atoms with Gasteiger partial charge in [0.2, 0.25) is 0 Å². The molecule has 1 aliphatic carbocycles. The second-order valence-corrected chi connectivity index (χ2v) is 3.14. The van der Waals surface area contributed by atoms with Gasteiger partial charge in [-0.05, 0) is 6.92 Å². The van der Waals surface area contributed by atoms with E-state index in [1.165, 1.54) is 45.4 Å². The van der Waals surface area contributed by atoms with Crippen molar-refractivity contribution < 1.29 is 15.0 Å². The van der Waals surface area contributed by atoms with E-state index in [0.717, 1.165) is 0 Å². The van der Waals surface area contributed by atoms with E-state index in [1.54, 1.807) is 0 Å². The quantitative estimate of drug-likeness (QED) is 0.637. The molecule has 0 spiro atoms. The molecule has 1 unspecified atom stereocenters. The molecule has 0 saturated heterocycles. The highest BCUT2D eigenvalue weighted by molar-refractivity contribution is 5.71. The first-order chi connectivity index (χ1) is 5.64. The average molecular weight is 174 g/mol. The number of aliphatic hydroxyl groups is 1. The summed E-state index contributed by atoms with van der Waals surface area (Å²) in [6.07, 6.45) is 7.77. The maximum Gasteiger partial charge on any atom is 0.332 e. The first kappa shape index (κ1) is 11.4. The van der Waals surface area contributed by atoms with Crippen LogP contribution >= 0.6 is 0 Å². The van der Waals surface area contributed by atoms with Gasteiger partial charge >= 0.3 is 5.97 Å². The van der Waals surface area contributed by atoms with E-state index in [1.807, 2.05) is 0 Å². The Balaban J connectivity index is 0.000000202. The normalized spacial score (nSPS) is 18.8. The zero-order chi connectivity index (χ0) is 9.40. The van der Waals surface area contributed by atoms with Crippen LogP contribution in [0, 0.1) is 0 Å². The summed E-state index contributed by atoms with van der Waals surface area (Å²) in [5, 5.41) is 15.8. The predicted octanol–water partition coefficient (Wildman–Crippen LogP) is 1.79. The van der Waals surface area contributed by atoms with Gasteiger partial charge in [0.1, 0.15) is 6.10 Å². The molecule has 2 N–H and O–H groups in total. The highest BCUT2D eigenvalue weighted by Gasteiger charge is 2.01. The van der Waals surface area contributed by atoms with Gasteiger partial charge in [-0.15, -0.1) is 0 Å². The predicted molar refractivity (Wildman–Crippen MR) is 47.0 cm³/mol. The number of rotatable bonds is 1. The highest BCUT2D eigenvalue weighted by Crippen LogP contribution is 2.15. The molecular formula is C9H18O3. The topological polar surface area (TPSA) is 57.5 Å². The third-order valence-electron chi connectivity index (χ3n) is 1.86. The molecule has 72 valence electrons. The summed E-state index contributed by atoms with van der Waals surface area (Å²) < 4.78 is 0. The van der Waals surface area contributed by atoms with Gasteiger partial charge in [-0.1, -0.05) is 38.5 Å². The Morgan fingerprint density at radius 2 is 1.25 bits per heavy atom. The van der Waals surface area contributed by atoms with Gasteiger partial charge in [0.05, 0.1) is 0 Å². The fourth-order valence-corrected chi connectivity index (χ4v) is 1.06. The van der Waals surface area contributed by atoms with Gasteiger partial charge in [-0.3, -0.25) is 0 Å². The number of aliphatic hydroxyl groups excluding tert-OH is 1. The molecule has 12 heavy (non-hydrogen) atoms. The number of carboxylic acids is 1. The van der Waals surface area contributed by atoms with Crippen molar-refractivity contribution >= 4 is 5.97 Å². The molecule has 1 fully saturated rings. The molecule has 0 bridgehead atoms.